The lowest BCUT2D eigenvalue weighted by Gasteiger charge is -2.19. The Morgan fingerprint density at radius 2 is 2.05 bits per heavy atom. The largest absolute Gasteiger partial charge is 0.493 e. The number of nitrogens with two attached hydrogens (primary N) is 2. The maximum atomic E-state index is 11.4. The maximum absolute atomic E-state index is 11.4. The Labute approximate surface area is 126 Å². The van der Waals surface area contributed by atoms with Crippen LogP contribution in [0.4, 0.5) is 0 Å². The molecule has 0 saturated carbocycles. The second-order valence-corrected chi connectivity index (χ2v) is 5.22. The van der Waals surface area contributed by atoms with Crippen LogP contribution in [0, 0.1) is 0 Å². The summed E-state index contributed by atoms with van der Waals surface area (Å²) >= 11 is 0. The highest BCUT2D eigenvalue weighted by atomic mass is 16.5. The Balaban J connectivity index is 3.00. The summed E-state index contributed by atoms with van der Waals surface area (Å²) in [5.41, 5.74) is 12.2. The molecule has 0 fully saturated rings. The summed E-state index contributed by atoms with van der Waals surface area (Å²) < 4.78 is 11.4. The third kappa shape index (κ3) is 5.63. The van der Waals surface area contributed by atoms with Gasteiger partial charge < -0.3 is 20.9 Å². The SMILES string of the molecule is CCCOc1ccc(CC(C)N)c(OC(CC)C(N)=O)c1. The number of hydrogen-bond acceptors (Lipinski definition) is 4. The van der Waals surface area contributed by atoms with E-state index in [1.54, 1.807) is 6.07 Å². The van der Waals surface area contributed by atoms with E-state index in [-0.39, 0.29) is 6.04 Å². The predicted octanol–water partition coefficient (Wildman–Crippen LogP) is 2.01. The van der Waals surface area contributed by atoms with E-state index in [0.717, 1.165) is 17.7 Å². The molecule has 4 N–H and O–H groups in total. The van der Waals surface area contributed by atoms with Crippen molar-refractivity contribution in [1.29, 1.82) is 0 Å². The van der Waals surface area contributed by atoms with Crippen LogP contribution in [0.1, 0.15) is 39.2 Å². The summed E-state index contributed by atoms with van der Waals surface area (Å²) in [6, 6.07) is 5.63. The van der Waals surface area contributed by atoms with Gasteiger partial charge >= 0.3 is 0 Å². The van der Waals surface area contributed by atoms with Crippen molar-refractivity contribution in [3.05, 3.63) is 23.8 Å². The summed E-state index contributed by atoms with van der Waals surface area (Å²) in [4.78, 5) is 11.4. The number of carbonyl (C=O) groups is 1. The van der Waals surface area contributed by atoms with E-state index >= 15 is 0 Å². The molecule has 1 amide bonds. The van der Waals surface area contributed by atoms with E-state index in [1.165, 1.54) is 0 Å². The number of rotatable bonds is 9. The van der Waals surface area contributed by atoms with Gasteiger partial charge in [0.25, 0.3) is 5.91 Å². The molecule has 0 bridgehead atoms. The van der Waals surface area contributed by atoms with Crippen molar-refractivity contribution in [3.63, 3.8) is 0 Å². The van der Waals surface area contributed by atoms with Crippen LogP contribution in [-0.4, -0.2) is 24.7 Å². The van der Waals surface area contributed by atoms with Gasteiger partial charge in [0.1, 0.15) is 11.5 Å². The highest BCUT2D eigenvalue weighted by Gasteiger charge is 2.17. The monoisotopic (exact) mass is 294 g/mol. The molecule has 0 radical (unpaired) electrons. The molecule has 0 aromatic heterocycles. The molecule has 0 heterocycles. The Morgan fingerprint density at radius 3 is 2.57 bits per heavy atom. The molecule has 0 saturated heterocycles. The Bertz CT molecular complexity index is 461. The van der Waals surface area contributed by atoms with Gasteiger partial charge in [-0.1, -0.05) is 19.9 Å². The van der Waals surface area contributed by atoms with Crippen LogP contribution in [0.15, 0.2) is 18.2 Å². The second kappa shape index (κ2) is 8.52. The van der Waals surface area contributed by atoms with Gasteiger partial charge in [-0.15, -0.1) is 0 Å². The van der Waals surface area contributed by atoms with Crippen molar-refractivity contribution < 1.29 is 14.3 Å². The average molecular weight is 294 g/mol. The minimum atomic E-state index is -0.641. The van der Waals surface area contributed by atoms with Crippen molar-refractivity contribution >= 4 is 5.91 Å². The predicted molar refractivity (Wildman–Crippen MR) is 83.5 cm³/mol. The fourth-order valence-electron chi connectivity index (χ4n) is 1.97. The Kier molecular flexibility index (Phi) is 7.02. The molecule has 1 aromatic carbocycles. The van der Waals surface area contributed by atoms with E-state index in [4.69, 9.17) is 20.9 Å². The number of primary amides is 1. The molecule has 0 aliphatic carbocycles. The Morgan fingerprint density at radius 1 is 1.33 bits per heavy atom. The zero-order valence-electron chi connectivity index (χ0n) is 13.1. The molecule has 2 unspecified atom stereocenters. The van der Waals surface area contributed by atoms with Crippen LogP contribution in [-0.2, 0) is 11.2 Å². The number of amides is 1. The normalized spacial score (nSPS) is 13.5. The topological polar surface area (TPSA) is 87.6 Å². The molecule has 0 aliphatic heterocycles. The third-order valence-corrected chi connectivity index (χ3v) is 3.01. The number of ether oxygens (including phenoxy) is 2. The smallest absolute Gasteiger partial charge is 0.258 e. The maximum Gasteiger partial charge on any atom is 0.258 e. The molecule has 5 heteroatoms. The van der Waals surface area contributed by atoms with Crippen LogP contribution < -0.4 is 20.9 Å². The minimum absolute atomic E-state index is 0.00316. The summed E-state index contributed by atoms with van der Waals surface area (Å²) in [5.74, 6) is 0.871. The molecule has 1 rings (SSSR count). The van der Waals surface area contributed by atoms with E-state index in [9.17, 15) is 4.79 Å². The molecule has 0 aliphatic rings. The molecule has 21 heavy (non-hydrogen) atoms. The van der Waals surface area contributed by atoms with E-state index < -0.39 is 12.0 Å². The lowest BCUT2D eigenvalue weighted by atomic mass is 10.1. The first-order chi connectivity index (χ1) is 9.97. The lowest BCUT2D eigenvalue weighted by Crippen LogP contribution is -2.33. The highest BCUT2D eigenvalue weighted by Crippen LogP contribution is 2.27. The number of hydrogen-bond donors (Lipinski definition) is 2. The lowest BCUT2D eigenvalue weighted by molar-refractivity contribution is -0.124. The zero-order valence-corrected chi connectivity index (χ0v) is 13.1. The average Bonchev–Trinajstić information content (AvgIpc) is 2.43. The zero-order chi connectivity index (χ0) is 15.8. The first-order valence-electron chi connectivity index (χ1n) is 7.45. The highest BCUT2D eigenvalue weighted by molar-refractivity contribution is 5.79. The molecule has 2 atom stereocenters. The number of benzene rings is 1. The van der Waals surface area contributed by atoms with Gasteiger partial charge in [-0.3, -0.25) is 4.79 Å². The van der Waals surface area contributed by atoms with Gasteiger partial charge in [0.2, 0.25) is 0 Å². The van der Waals surface area contributed by atoms with Gasteiger partial charge in [0, 0.05) is 12.1 Å². The van der Waals surface area contributed by atoms with Gasteiger partial charge in [0.15, 0.2) is 6.10 Å². The van der Waals surface area contributed by atoms with Crippen molar-refractivity contribution in [2.75, 3.05) is 6.61 Å². The molecule has 0 spiro atoms. The van der Waals surface area contributed by atoms with E-state index in [0.29, 0.717) is 25.2 Å². The van der Waals surface area contributed by atoms with Crippen molar-refractivity contribution in [2.24, 2.45) is 11.5 Å². The second-order valence-electron chi connectivity index (χ2n) is 5.22. The standard InChI is InChI=1S/C16H26N2O3/c1-4-8-20-13-7-6-12(9-11(3)17)15(10-13)21-14(5-2)16(18)19/h6-7,10-11,14H,4-5,8-9,17H2,1-3H3,(H2,18,19). The molecular formula is C16H26N2O3. The third-order valence-electron chi connectivity index (χ3n) is 3.01. The molecule has 1 aromatic rings. The van der Waals surface area contributed by atoms with Crippen LogP contribution in [0.5, 0.6) is 11.5 Å². The molecule has 118 valence electrons. The first kappa shape index (κ1) is 17.3. The van der Waals surface area contributed by atoms with Crippen LogP contribution >= 0.6 is 0 Å². The van der Waals surface area contributed by atoms with Crippen LogP contribution in [0.2, 0.25) is 0 Å². The van der Waals surface area contributed by atoms with Crippen LogP contribution in [0.25, 0.3) is 0 Å². The van der Waals surface area contributed by atoms with Gasteiger partial charge in [-0.25, -0.2) is 0 Å². The Hall–Kier alpha value is -1.75. The van der Waals surface area contributed by atoms with Crippen molar-refractivity contribution in [1.82, 2.24) is 0 Å². The van der Waals surface area contributed by atoms with Crippen molar-refractivity contribution in [3.8, 4) is 11.5 Å². The molecular weight excluding hydrogens is 268 g/mol. The first-order valence-corrected chi connectivity index (χ1v) is 7.45. The minimum Gasteiger partial charge on any atom is -0.493 e. The fourth-order valence-corrected chi connectivity index (χ4v) is 1.97. The van der Waals surface area contributed by atoms with Gasteiger partial charge in [0.05, 0.1) is 6.61 Å². The summed E-state index contributed by atoms with van der Waals surface area (Å²) in [5, 5.41) is 0. The van der Waals surface area contributed by atoms with E-state index in [1.807, 2.05) is 32.9 Å². The quantitative estimate of drug-likeness (QED) is 0.729. The summed E-state index contributed by atoms with van der Waals surface area (Å²) in [6.45, 7) is 6.47. The van der Waals surface area contributed by atoms with Gasteiger partial charge in [-0.2, -0.15) is 0 Å². The summed E-state index contributed by atoms with van der Waals surface area (Å²) in [6.07, 6.45) is 1.47. The number of carbonyl (C=O) groups excluding carboxylic acids is 1. The van der Waals surface area contributed by atoms with Gasteiger partial charge in [-0.05, 0) is 37.8 Å². The summed E-state index contributed by atoms with van der Waals surface area (Å²) in [7, 11) is 0. The molecule has 5 nitrogen and oxygen atoms in total. The van der Waals surface area contributed by atoms with Crippen LogP contribution in [0.3, 0.4) is 0 Å². The fraction of sp³-hybridized carbons (Fsp3) is 0.562. The van der Waals surface area contributed by atoms with Crippen molar-refractivity contribution in [2.45, 2.75) is 52.2 Å². The van der Waals surface area contributed by atoms with E-state index in [2.05, 4.69) is 0 Å².